The SMILES string of the molecule is C[C@@H]1[C@@H]([Si](C)(C)F)[C@H](CC(=O)N2CCC[C@H]2CO)O[C@@H]1CCc1ccc(N2C(=O)CCc3ccccc32)cc1. The van der Waals surface area contributed by atoms with Crippen molar-refractivity contribution in [2.45, 2.75) is 88.8 Å². The summed E-state index contributed by atoms with van der Waals surface area (Å²) in [6.07, 6.45) is 4.17. The molecule has 8 heteroatoms. The monoisotopic (exact) mass is 552 g/mol. The predicted molar refractivity (Wildman–Crippen MR) is 153 cm³/mol. The lowest BCUT2D eigenvalue weighted by Crippen LogP contribution is -2.42. The Kier molecular flexibility index (Phi) is 8.26. The van der Waals surface area contributed by atoms with E-state index in [0.29, 0.717) is 13.0 Å². The highest BCUT2D eigenvalue weighted by molar-refractivity contribution is 6.72. The first-order chi connectivity index (χ1) is 18.7. The minimum atomic E-state index is -3.08. The van der Waals surface area contributed by atoms with Crippen LogP contribution < -0.4 is 4.90 Å². The van der Waals surface area contributed by atoms with Crippen LogP contribution in [-0.4, -0.2) is 61.6 Å². The number of amides is 2. The number of aliphatic hydroxyl groups excluding tert-OH is 1. The topological polar surface area (TPSA) is 70.1 Å². The number of rotatable bonds is 8. The summed E-state index contributed by atoms with van der Waals surface area (Å²) in [4.78, 5) is 29.4. The number of nitrogens with zero attached hydrogens (tertiary/aromatic N) is 2. The number of fused-ring (bicyclic) bond motifs is 1. The minimum absolute atomic E-state index is 0.0275. The highest BCUT2D eigenvalue weighted by atomic mass is 28.4. The molecule has 2 amide bonds. The third-order valence-corrected chi connectivity index (χ3v) is 11.5. The van der Waals surface area contributed by atoms with Gasteiger partial charge in [-0.2, -0.15) is 0 Å². The molecule has 5 atom stereocenters. The molecule has 39 heavy (non-hydrogen) atoms. The van der Waals surface area contributed by atoms with E-state index in [0.717, 1.165) is 49.0 Å². The van der Waals surface area contributed by atoms with Crippen LogP contribution in [0.1, 0.15) is 50.2 Å². The maximum atomic E-state index is 15.5. The number of hydrogen-bond acceptors (Lipinski definition) is 4. The Balaban J connectivity index is 1.24. The molecule has 0 unspecified atom stereocenters. The number of halogens is 1. The van der Waals surface area contributed by atoms with Crippen molar-refractivity contribution in [2.24, 2.45) is 5.92 Å². The number of carbonyl (C=O) groups excluding carboxylic acids is 2. The van der Waals surface area contributed by atoms with Crippen LogP contribution in [0.4, 0.5) is 15.5 Å². The van der Waals surface area contributed by atoms with Gasteiger partial charge in [-0.15, -0.1) is 0 Å². The van der Waals surface area contributed by atoms with E-state index in [9.17, 15) is 14.7 Å². The molecule has 2 fully saturated rings. The van der Waals surface area contributed by atoms with E-state index < -0.39 is 14.5 Å². The molecule has 6 nitrogen and oxygen atoms in total. The standard InChI is InChI=1S/C31H41FN2O4Si/c1-21-27(38-28(31(21)39(2,3)32)19-30(37)33-18-6-8-25(33)20-35)16-12-22-10-14-24(15-11-22)34-26-9-5-4-7-23(26)13-17-29(34)36/h4-5,7,9-11,14-15,21,25,27-28,31,35H,6,8,12-13,16-20H2,1-3H3/t21-,25-,27+,28-,31+/m0/s1. The number of likely N-dealkylation sites (tertiary alicyclic amines) is 1. The zero-order valence-electron chi connectivity index (χ0n) is 23.3. The fraction of sp³-hybridized carbons (Fsp3) is 0.548. The molecule has 0 aliphatic carbocycles. The number of carbonyl (C=O) groups is 2. The highest BCUT2D eigenvalue weighted by Gasteiger charge is 2.52. The molecule has 0 radical (unpaired) electrons. The molecule has 210 valence electrons. The smallest absolute Gasteiger partial charge is 0.246 e. The van der Waals surface area contributed by atoms with Gasteiger partial charge in [0.25, 0.3) is 0 Å². The van der Waals surface area contributed by atoms with Crippen molar-refractivity contribution in [3.05, 3.63) is 59.7 Å². The van der Waals surface area contributed by atoms with Gasteiger partial charge in [0.05, 0.1) is 37.0 Å². The Morgan fingerprint density at radius 1 is 1.10 bits per heavy atom. The molecule has 3 heterocycles. The van der Waals surface area contributed by atoms with Crippen LogP contribution in [0.5, 0.6) is 0 Å². The summed E-state index contributed by atoms with van der Waals surface area (Å²) in [6, 6.07) is 16.1. The van der Waals surface area contributed by atoms with Crippen molar-refractivity contribution in [2.75, 3.05) is 18.1 Å². The summed E-state index contributed by atoms with van der Waals surface area (Å²) in [5.74, 6) is 0.110. The lowest BCUT2D eigenvalue weighted by Gasteiger charge is -2.30. The Hall–Kier alpha value is -2.55. The second kappa shape index (κ2) is 11.5. The maximum absolute atomic E-state index is 15.5. The van der Waals surface area contributed by atoms with Crippen molar-refractivity contribution in [1.82, 2.24) is 4.90 Å². The first-order valence-electron chi connectivity index (χ1n) is 14.4. The fourth-order valence-corrected chi connectivity index (χ4v) is 9.60. The van der Waals surface area contributed by atoms with Crippen LogP contribution in [0.2, 0.25) is 18.6 Å². The van der Waals surface area contributed by atoms with Crippen LogP contribution in [0.15, 0.2) is 48.5 Å². The van der Waals surface area contributed by atoms with E-state index in [-0.39, 0.29) is 48.4 Å². The molecule has 0 spiro atoms. The van der Waals surface area contributed by atoms with E-state index in [1.807, 2.05) is 35.2 Å². The van der Waals surface area contributed by atoms with E-state index in [2.05, 4.69) is 25.1 Å². The van der Waals surface area contributed by atoms with Crippen LogP contribution in [0, 0.1) is 5.92 Å². The molecule has 2 aromatic carbocycles. The van der Waals surface area contributed by atoms with Gasteiger partial charge in [0, 0.05) is 24.2 Å². The molecular formula is C31H41FN2O4Si. The van der Waals surface area contributed by atoms with Gasteiger partial charge >= 0.3 is 0 Å². The zero-order chi connectivity index (χ0) is 27.7. The first kappa shape index (κ1) is 28.0. The molecule has 0 saturated carbocycles. The van der Waals surface area contributed by atoms with E-state index in [1.165, 1.54) is 5.56 Å². The van der Waals surface area contributed by atoms with Gasteiger partial charge in [-0.3, -0.25) is 14.5 Å². The summed E-state index contributed by atoms with van der Waals surface area (Å²) < 4.78 is 22.0. The van der Waals surface area contributed by atoms with Crippen LogP contribution in [0.3, 0.4) is 0 Å². The fourth-order valence-electron chi connectivity index (χ4n) is 7.05. The largest absolute Gasteiger partial charge is 0.394 e. The van der Waals surface area contributed by atoms with Gasteiger partial charge < -0.3 is 18.9 Å². The van der Waals surface area contributed by atoms with Gasteiger partial charge in [-0.05, 0) is 80.4 Å². The summed E-state index contributed by atoms with van der Waals surface area (Å²) in [5.41, 5.74) is 3.91. The molecule has 0 bridgehead atoms. The summed E-state index contributed by atoms with van der Waals surface area (Å²) in [7, 11) is -3.08. The summed E-state index contributed by atoms with van der Waals surface area (Å²) in [5, 5.41) is 9.64. The lowest BCUT2D eigenvalue weighted by molar-refractivity contribution is -0.135. The van der Waals surface area contributed by atoms with Crippen molar-refractivity contribution in [3.63, 3.8) is 0 Å². The number of aliphatic hydroxyl groups is 1. The van der Waals surface area contributed by atoms with Gasteiger partial charge in [-0.25, -0.2) is 0 Å². The minimum Gasteiger partial charge on any atom is -0.394 e. The highest BCUT2D eigenvalue weighted by Crippen LogP contribution is 2.47. The molecule has 0 aromatic heterocycles. The van der Waals surface area contributed by atoms with E-state index in [1.54, 1.807) is 18.0 Å². The number of anilines is 2. The molecule has 2 aromatic rings. The van der Waals surface area contributed by atoms with Crippen LogP contribution in [-0.2, 0) is 27.2 Å². The Bertz CT molecular complexity index is 1180. The number of para-hydroxylation sites is 1. The normalized spacial score (nSPS) is 27.2. The van der Waals surface area contributed by atoms with E-state index in [4.69, 9.17) is 4.74 Å². The Morgan fingerprint density at radius 3 is 2.56 bits per heavy atom. The predicted octanol–water partition coefficient (Wildman–Crippen LogP) is 5.55. The number of benzene rings is 2. The number of aryl methyl sites for hydroxylation is 2. The molecule has 2 saturated heterocycles. The average Bonchev–Trinajstić information content (AvgIpc) is 3.52. The van der Waals surface area contributed by atoms with Gasteiger partial charge in [0.1, 0.15) is 0 Å². The zero-order valence-corrected chi connectivity index (χ0v) is 24.3. The lowest BCUT2D eigenvalue weighted by atomic mass is 9.94. The average molecular weight is 553 g/mol. The van der Waals surface area contributed by atoms with Crippen LogP contribution >= 0.6 is 0 Å². The number of ether oxygens (including phenoxy) is 1. The van der Waals surface area contributed by atoms with Crippen molar-refractivity contribution >= 4 is 31.6 Å². The Labute approximate surface area is 232 Å². The molecule has 5 rings (SSSR count). The van der Waals surface area contributed by atoms with Crippen molar-refractivity contribution in [1.29, 1.82) is 0 Å². The third kappa shape index (κ3) is 5.83. The van der Waals surface area contributed by atoms with Crippen molar-refractivity contribution < 1.29 is 23.5 Å². The maximum Gasteiger partial charge on any atom is 0.246 e. The van der Waals surface area contributed by atoms with Crippen LogP contribution in [0.25, 0.3) is 0 Å². The second-order valence-corrected chi connectivity index (χ2v) is 15.8. The first-order valence-corrected chi connectivity index (χ1v) is 17.4. The third-order valence-electron chi connectivity index (χ3n) is 8.98. The molecular weight excluding hydrogens is 511 g/mol. The van der Waals surface area contributed by atoms with E-state index >= 15 is 4.11 Å². The number of hydrogen-bond donors (Lipinski definition) is 1. The molecule has 3 aliphatic heterocycles. The summed E-state index contributed by atoms with van der Waals surface area (Å²) >= 11 is 0. The summed E-state index contributed by atoms with van der Waals surface area (Å²) in [6.45, 7) is 6.15. The van der Waals surface area contributed by atoms with Gasteiger partial charge in [0.2, 0.25) is 20.2 Å². The quantitative estimate of drug-likeness (QED) is 0.344. The van der Waals surface area contributed by atoms with Gasteiger partial charge in [-0.1, -0.05) is 37.3 Å². The second-order valence-electron chi connectivity index (χ2n) is 12.0. The molecule has 3 aliphatic rings. The molecule has 1 N–H and O–H groups in total. The van der Waals surface area contributed by atoms with Crippen molar-refractivity contribution in [3.8, 4) is 0 Å². The Morgan fingerprint density at radius 2 is 1.85 bits per heavy atom. The van der Waals surface area contributed by atoms with Gasteiger partial charge in [0.15, 0.2) is 0 Å².